The van der Waals surface area contributed by atoms with E-state index in [0.717, 1.165) is 4.60 Å². The molecule has 0 aliphatic heterocycles. The molecule has 78 valence electrons. The average molecular weight is 280 g/mol. The third kappa shape index (κ3) is 2.13. The van der Waals surface area contributed by atoms with E-state index in [1.165, 1.54) is 16.0 Å². The molecule has 0 saturated carbocycles. The number of pyridine rings is 1. The predicted molar refractivity (Wildman–Crippen MR) is 72.4 cm³/mol. The summed E-state index contributed by atoms with van der Waals surface area (Å²) in [5.41, 5.74) is 0. The second-order valence-corrected chi connectivity index (χ2v) is 10.6. The molecule has 2 rings (SSSR count). The molecule has 3 heteroatoms. The zero-order valence-electron chi connectivity index (χ0n) is 9.21. The first-order valence-electron chi connectivity index (χ1n) is 5.03. The Hall–Kier alpha value is -0.673. The van der Waals surface area contributed by atoms with Gasteiger partial charge in [-0.1, -0.05) is 43.0 Å². The maximum absolute atomic E-state index is 4.26. The number of halogens is 1. The van der Waals surface area contributed by atoms with Crippen LogP contribution < -0.4 is 5.19 Å². The van der Waals surface area contributed by atoms with Gasteiger partial charge in [0.05, 0.1) is 8.07 Å². The van der Waals surface area contributed by atoms with Crippen molar-refractivity contribution >= 4 is 40.0 Å². The van der Waals surface area contributed by atoms with Gasteiger partial charge in [-0.25, -0.2) is 4.98 Å². The quantitative estimate of drug-likeness (QED) is 0.575. The number of nitrogens with zero attached hydrogens (tertiary/aromatic N) is 1. The Kier molecular flexibility index (Phi) is 2.69. The molecule has 2 aromatic rings. The molecule has 0 bridgehead atoms. The summed E-state index contributed by atoms with van der Waals surface area (Å²) >= 11 is 3.50. The lowest BCUT2D eigenvalue weighted by Gasteiger charge is -2.17. The van der Waals surface area contributed by atoms with Crippen LogP contribution in [0, 0.1) is 0 Å². The summed E-state index contributed by atoms with van der Waals surface area (Å²) in [4.78, 5) is 4.26. The lowest BCUT2D eigenvalue weighted by Crippen LogP contribution is -2.37. The van der Waals surface area contributed by atoms with E-state index in [1.807, 2.05) is 12.3 Å². The van der Waals surface area contributed by atoms with Crippen molar-refractivity contribution in [2.24, 2.45) is 0 Å². The van der Waals surface area contributed by atoms with Crippen LogP contribution in [-0.2, 0) is 0 Å². The molecule has 0 atom stereocenters. The van der Waals surface area contributed by atoms with Crippen molar-refractivity contribution < 1.29 is 0 Å². The Labute approximate surface area is 99.7 Å². The Morgan fingerprint density at radius 3 is 2.53 bits per heavy atom. The van der Waals surface area contributed by atoms with E-state index in [-0.39, 0.29) is 0 Å². The molecule has 0 aliphatic carbocycles. The standard InChI is InChI=1S/C12H14BrNSi/c1-15(2,3)10-5-4-9-6-7-14-12(13)11(9)8-10/h4-8H,1-3H3. The fourth-order valence-electron chi connectivity index (χ4n) is 1.60. The van der Waals surface area contributed by atoms with E-state index < -0.39 is 8.07 Å². The van der Waals surface area contributed by atoms with Gasteiger partial charge in [0.2, 0.25) is 0 Å². The molecule has 0 saturated heterocycles. The summed E-state index contributed by atoms with van der Waals surface area (Å²) < 4.78 is 0.945. The van der Waals surface area contributed by atoms with E-state index in [9.17, 15) is 0 Å². The number of benzene rings is 1. The van der Waals surface area contributed by atoms with Crippen LogP contribution in [0.15, 0.2) is 35.1 Å². The van der Waals surface area contributed by atoms with E-state index in [2.05, 4.69) is 58.8 Å². The fraction of sp³-hybridized carbons (Fsp3) is 0.250. The molecule has 0 unspecified atom stereocenters. The first-order valence-corrected chi connectivity index (χ1v) is 9.32. The summed E-state index contributed by atoms with van der Waals surface area (Å²) in [5, 5.41) is 3.94. The Bertz CT molecular complexity index is 502. The molecule has 15 heavy (non-hydrogen) atoms. The fourth-order valence-corrected chi connectivity index (χ4v) is 3.22. The van der Waals surface area contributed by atoms with E-state index in [4.69, 9.17) is 0 Å². The van der Waals surface area contributed by atoms with Gasteiger partial charge in [-0.15, -0.1) is 0 Å². The number of hydrogen-bond acceptors (Lipinski definition) is 1. The molecule has 1 aromatic heterocycles. The molecule has 0 aliphatic rings. The van der Waals surface area contributed by atoms with Gasteiger partial charge >= 0.3 is 0 Å². The maximum Gasteiger partial charge on any atom is 0.113 e. The lowest BCUT2D eigenvalue weighted by atomic mass is 10.2. The first kappa shape index (κ1) is 10.8. The molecule has 0 fully saturated rings. The third-order valence-electron chi connectivity index (χ3n) is 2.58. The molecule has 0 radical (unpaired) electrons. The second kappa shape index (κ2) is 3.72. The van der Waals surface area contributed by atoms with Gasteiger partial charge in [0, 0.05) is 11.6 Å². The lowest BCUT2D eigenvalue weighted by molar-refractivity contribution is 1.32. The third-order valence-corrected chi connectivity index (χ3v) is 5.26. The summed E-state index contributed by atoms with van der Waals surface area (Å²) in [6.45, 7) is 7.08. The highest BCUT2D eigenvalue weighted by molar-refractivity contribution is 9.10. The van der Waals surface area contributed by atoms with E-state index >= 15 is 0 Å². The number of hydrogen-bond donors (Lipinski definition) is 0. The molecular formula is C12H14BrNSi. The summed E-state index contributed by atoms with van der Waals surface area (Å²) in [5.74, 6) is 0. The van der Waals surface area contributed by atoms with Crippen LogP contribution in [-0.4, -0.2) is 13.1 Å². The number of aromatic nitrogens is 1. The summed E-state index contributed by atoms with van der Waals surface area (Å²) in [6.07, 6.45) is 1.83. The molecular weight excluding hydrogens is 266 g/mol. The second-order valence-electron chi connectivity index (χ2n) is 4.79. The van der Waals surface area contributed by atoms with Crippen molar-refractivity contribution in [3.8, 4) is 0 Å². The van der Waals surface area contributed by atoms with Gasteiger partial charge < -0.3 is 0 Å². The molecule has 0 N–H and O–H groups in total. The van der Waals surface area contributed by atoms with Crippen LogP contribution in [0.4, 0.5) is 0 Å². The highest BCUT2D eigenvalue weighted by atomic mass is 79.9. The largest absolute Gasteiger partial charge is 0.249 e. The van der Waals surface area contributed by atoms with Gasteiger partial charge in [0.15, 0.2) is 0 Å². The van der Waals surface area contributed by atoms with Gasteiger partial charge in [-0.05, 0) is 27.4 Å². The summed E-state index contributed by atoms with van der Waals surface area (Å²) in [7, 11) is -1.22. The molecule has 1 heterocycles. The van der Waals surface area contributed by atoms with E-state index in [1.54, 1.807) is 0 Å². The van der Waals surface area contributed by atoms with Crippen LogP contribution in [0.25, 0.3) is 10.8 Å². The minimum atomic E-state index is -1.22. The van der Waals surface area contributed by atoms with E-state index in [0.29, 0.717) is 0 Å². The maximum atomic E-state index is 4.26. The van der Waals surface area contributed by atoms with Gasteiger partial charge in [0.1, 0.15) is 4.60 Å². The van der Waals surface area contributed by atoms with Gasteiger partial charge in [-0.2, -0.15) is 0 Å². The Morgan fingerprint density at radius 2 is 1.87 bits per heavy atom. The first-order chi connectivity index (χ1) is 6.98. The molecule has 0 amide bonds. The minimum absolute atomic E-state index is 0.945. The van der Waals surface area contributed by atoms with Crippen molar-refractivity contribution in [3.05, 3.63) is 35.1 Å². The zero-order valence-corrected chi connectivity index (χ0v) is 11.8. The number of fused-ring (bicyclic) bond motifs is 1. The average Bonchev–Trinajstić information content (AvgIpc) is 2.16. The monoisotopic (exact) mass is 279 g/mol. The smallest absolute Gasteiger partial charge is 0.113 e. The van der Waals surface area contributed by atoms with Crippen molar-refractivity contribution in [2.45, 2.75) is 19.6 Å². The topological polar surface area (TPSA) is 12.9 Å². The van der Waals surface area contributed by atoms with Gasteiger partial charge in [0.25, 0.3) is 0 Å². The minimum Gasteiger partial charge on any atom is -0.249 e. The van der Waals surface area contributed by atoms with Crippen LogP contribution >= 0.6 is 15.9 Å². The highest BCUT2D eigenvalue weighted by Gasteiger charge is 2.16. The number of rotatable bonds is 1. The van der Waals surface area contributed by atoms with Crippen molar-refractivity contribution in [2.75, 3.05) is 0 Å². The zero-order chi connectivity index (χ0) is 11.1. The van der Waals surface area contributed by atoms with Crippen LogP contribution in [0.5, 0.6) is 0 Å². The predicted octanol–water partition coefficient (Wildman–Crippen LogP) is 3.54. The van der Waals surface area contributed by atoms with Gasteiger partial charge in [-0.3, -0.25) is 0 Å². The highest BCUT2D eigenvalue weighted by Crippen LogP contribution is 2.21. The summed E-state index contributed by atoms with van der Waals surface area (Å²) in [6, 6.07) is 8.77. The van der Waals surface area contributed by atoms with Crippen LogP contribution in [0.1, 0.15) is 0 Å². The van der Waals surface area contributed by atoms with Crippen molar-refractivity contribution in [1.29, 1.82) is 0 Å². The van der Waals surface area contributed by atoms with Crippen LogP contribution in [0.3, 0.4) is 0 Å². The Morgan fingerprint density at radius 1 is 1.13 bits per heavy atom. The normalized spacial score (nSPS) is 12.0. The molecule has 1 nitrogen and oxygen atoms in total. The van der Waals surface area contributed by atoms with Crippen LogP contribution in [0.2, 0.25) is 19.6 Å². The van der Waals surface area contributed by atoms with Crippen molar-refractivity contribution in [1.82, 2.24) is 4.98 Å². The van der Waals surface area contributed by atoms with Crippen molar-refractivity contribution in [3.63, 3.8) is 0 Å². The molecule has 1 aromatic carbocycles. The molecule has 0 spiro atoms. The SMILES string of the molecule is C[Si](C)(C)c1ccc2ccnc(Br)c2c1. The Balaban J connectivity index is 2.70.